The van der Waals surface area contributed by atoms with Gasteiger partial charge in [0, 0.05) is 35.5 Å². The summed E-state index contributed by atoms with van der Waals surface area (Å²) < 4.78 is 7.33. The summed E-state index contributed by atoms with van der Waals surface area (Å²) in [5, 5.41) is 0. The number of nitrogens with zero attached hydrogens (tertiary/aromatic N) is 1. The summed E-state index contributed by atoms with van der Waals surface area (Å²) in [4.78, 5) is 3.63. The molecule has 0 bridgehead atoms. The Morgan fingerprint density at radius 3 is 3.12 bits per heavy atom. The fraction of sp³-hybridized carbons (Fsp3) is 0.600. The Bertz CT molecular complexity index is 341. The smallest absolute Gasteiger partial charge is 0.107 e. The number of ether oxygens (including phenoxy) is 1. The van der Waals surface area contributed by atoms with E-state index < -0.39 is 0 Å². The Morgan fingerprint density at radius 1 is 1.69 bits per heavy atom. The quantitative estimate of drug-likeness (QED) is 0.927. The number of morpholine rings is 1. The van der Waals surface area contributed by atoms with Crippen molar-refractivity contribution in [3.05, 3.63) is 19.8 Å². The molecule has 6 heteroatoms. The van der Waals surface area contributed by atoms with Gasteiger partial charge in [-0.2, -0.15) is 0 Å². The van der Waals surface area contributed by atoms with Gasteiger partial charge in [-0.15, -0.1) is 11.3 Å². The van der Waals surface area contributed by atoms with Gasteiger partial charge in [-0.1, -0.05) is 11.6 Å². The maximum absolute atomic E-state index is 6.01. The lowest BCUT2D eigenvalue weighted by atomic mass is 10.2. The Kier molecular flexibility index (Phi) is 4.64. The molecule has 0 spiro atoms. The minimum Gasteiger partial charge on any atom is -0.374 e. The van der Waals surface area contributed by atoms with Crippen LogP contribution in [0.2, 0.25) is 4.34 Å². The van der Waals surface area contributed by atoms with E-state index in [2.05, 4.69) is 26.9 Å². The van der Waals surface area contributed by atoms with Crippen molar-refractivity contribution in [1.29, 1.82) is 0 Å². The predicted octanol–water partition coefficient (Wildman–Crippen LogP) is 2.32. The number of rotatable bonds is 3. The molecule has 2 rings (SSSR count). The third kappa shape index (κ3) is 3.18. The molecule has 16 heavy (non-hydrogen) atoms. The highest BCUT2D eigenvalue weighted by molar-refractivity contribution is 9.10. The largest absolute Gasteiger partial charge is 0.374 e. The zero-order chi connectivity index (χ0) is 11.5. The van der Waals surface area contributed by atoms with Crippen LogP contribution in [-0.4, -0.2) is 37.2 Å². The molecule has 2 heterocycles. The molecule has 90 valence electrons. The minimum absolute atomic E-state index is 0.174. The van der Waals surface area contributed by atoms with Crippen LogP contribution in [0.3, 0.4) is 0 Å². The third-order valence-corrected chi connectivity index (χ3v) is 5.02. The van der Waals surface area contributed by atoms with E-state index in [1.807, 2.05) is 0 Å². The molecule has 0 radical (unpaired) electrons. The van der Waals surface area contributed by atoms with Crippen LogP contribution >= 0.6 is 38.9 Å². The van der Waals surface area contributed by atoms with Crippen LogP contribution in [0.5, 0.6) is 0 Å². The molecular formula is C10H14BrClN2OS. The minimum atomic E-state index is 0.174. The van der Waals surface area contributed by atoms with Crippen LogP contribution in [0.25, 0.3) is 0 Å². The van der Waals surface area contributed by atoms with E-state index in [0.717, 1.165) is 35.1 Å². The molecule has 1 aromatic rings. The fourth-order valence-electron chi connectivity index (χ4n) is 1.76. The lowest BCUT2D eigenvalue weighted by Gasteiger charge is -2.31. The highest BCUT2D eigenvalue weighted by atomic mass is 79.9. The second-order valence-electron chi connectivity index (χ2n) is 3.80. The molecule has 0 saturated carbocycles. The molecule has 3 nitrogen and oxygen atoms in total. The summed E-state index contributed by atoms with van der Waals surface area (Å²) in [5.41, 5.74) is 5.61. The monoisotopic (exact) mass is 324 g/mol. The molecule has 0 aromatic carbocycles. The summed E-state index contributed by atoms with van der Waals surface area (Å²) in [5.74, 6) is 0. The van der Waals surface area contributed by atoms with Crippen molar-refractivity contribution in [2.75, 3.05) is 26.2 Å². The Morgan fingerprint density at radius 2 is 2.50 bits per heavy atom. The number of hydrogen-bond donors (Lipinski definition) is 1. The van der Waals surface area contributed by atoms with Crippen molar-refractivity contribution in [2.45, 2.75) is 12.6 Å². The lowest BCUT2D eigenvalue weighted by Crippen LogP contribution is -2.44. The first-order valence-corrected chi connectivity index (χ1v) is 7.15. The van der Waals surface area contributed by atoms with E-state index in [-0.39, 0.29) is 6.10 Å². The Balaban J connectivity index is 1.93. The molecule has 1 aromatic heterocycles. The normalized spacial score (nSPS) is 22.6. The molecule has 1 aliphatic rings. The standard InChI is InChI=1S/C10H14BrClN2OS/c11-9-3-8(16-10(9)12)6-14-1-2-15-7(4-13)5-14/h3,7H,1-2,4-6,13H2. The van der Waals surface area contributed by atoms with Crippen LogP contribution < -0.4 is 5.73 Å². The molecule has 0 amide bonds. The average Bonchev–Trinajstić information content (AvgIpc) is 2.58. The van der Waals surface area contributed by atoms with E-state index in [1.54, 1.807) is 11.3 Å². The van der Waals surface area contributed by atoms with Gasteiger partial charge in [0.15, 0.2) is 0 Å². The molecule has 0 aliphatic carbocycles. The maximum atomic E-state index is 6.01. The van der Waals surface area contributed by atoms with Crippen LogP contribution in [-0.2, 0) is 11.3 Å². The summed E-state index contributed by atoms with van der Waals surface area (Å²) in [6.45, 7) is 4.15. The topological polar surface area (TPSA) is 38.5 Å². The lowest BCUT2D eigenvalue weighted by molar-refractivity contribution is -0.0257. The third-order valence-electron chi connectivity index (χ3n) is 2.56. The van der Waals surface area contributed by atoms with Crippen molar-refractivity contribution in [2.24, 2.45) is 5.73 Å². The van der Waals surface area contributed by atoms with E-state index in [0.29, 0.717) is 6.54 Å². The molecule has 1 fully saturated rings. The molecule has 1 atom stereocenters. The first-order valence-electron chi connectivity index (χ1n) is 5.16. The molecule has 1 aliphatic heterocycles. The van der Waals surface area contributed by atoms with E-state index in [1.165, 1.54) is 4.88 Å². The van der Waals surface area contributed by atoms with Gasteiger partial charge in [0.05, 0.1) is 12.7 Å². The number of hydrogen-bond acceptors (Lipinski definition) is 4. The van der Waals surface area contributed by atoms with Crippen molar-refractivity contribution in [1.82, 2.24) is 4.90 Å². The van der Waals surface area contributed by atoms with Crippen LogP contribution in [0.15, 0.2) is 10.5 Å². The summed E-state index contributed by atoms with van der Waals surface area (Å²) in [6.07, 6.45) is 0.174. The van der Waals surface area contributed by atoms with E-state index in [9.17, 15) is 0 Å². The number of thiophene rings is 1. The van der Waals surface area contributed by atoms with Gasteiger partial charge in [-0.05, 0) is 22.0 Å². The zero-order valence-electron chi connectivity index (χ0n) is 8.79. The van der Waals surface area contributed by atoms with Crippen LogP contribution in [0.1, 0.15) is 4.88 Å². The highest BCUT2D eigenvalue weighted by Gasteiger charge is 2.19. The van der Waals surface area contributed by atoms with E-state index >= 15 is 0 Å². The van der Waals surface area contributed by atoms with Crippen molar-refractivity contribution in [3.63, 3.8) is 0 Å². The van der Waals surface area contributed by atoms with Crippen LogP contribution in [0.4, 0.5) is 0 Å². The molecular weight excluding hydrogens is 312 g/mol. The van der Waals surface area contributed by atoms with Gasteiger partial charge in [-0.3, -0.25) is 4.90 Å². The van der Waals surface area contributed by atoms with Gasteiger partial charge >= 0.3 is 0 Å². The Labute approximate surface area is 113 Å². The SMILES string of the molecule is NCC1CN(Cc2cc(Br)c(Cl)s2)CCO1. The molecule has 2 N–H and O–H groups in total. The summed E-state index contributed by atoms with van der Waals surface area (Å²) >= 11 is 11.1. The molecule has 1 saturated heterocycles. The molecule has 1 unspecified atom stereocenters. The summed E-state index contributed by atoms with van der Waals surface area (Å²) in [6, 6.07) is 2.08. The summed E-state index contributed by atoms with van der Waals surface area (Å²) in [7, 11) is 0. The van der Waals surface area contributed by atoms with Crippen LogP contribution in [0, 0.1) is 0 Å². The van der Waals surface area contributed by atoms with Gasteiger partial charge in [0.25, 0.3) is 0 Å². The first kappa shape index (κ1) is 12.8. The first-order chi connectivity index (χ1) is 7.69. The second kappa shape index (κ2) is 5.80. The van der Waals surface area contributed by atoms with E-state index in [4.69, 9.17) is 22.1 Å². The van der Waals surface area contributed by atoms with Crippen molar-refractivity contribution in [3.8, 4) is 0 Å². The Hall–Kier alpha value is 0.350. The van der Waals surface area contributed by atoms with Crippen molar-refractivity contribution < 1.29 is 4.74 Å². The number of nitrogens with two attached hydrogens (primary N) is 1. The van der Waals surface area contributed by atoms with Gasteiger partial charge in [0.2, 0.25) is 0 Å². The zero-order valence-corrected chi connectivity index (χ0v) is 11.9. The number of halogens is 2. The predicted molar refractivity (Wildman–Crippen MR) is 71.1 cm³/mol. The van der Waals surface area contributed by atoms with Crippen molar-refractivity contribution >= 4 is 38.9 Å². The van der Waals surface area contributed by atoms with Gasteiger partial charge < -0.3 is 10.5 Å². The maximum Gasteiger partial charge on any atom is 0.107 e. The average molecular weight is 326 g/mol. The fourth-order valence-corrected chi connectivity index (χ4v) is 3.59. The van der Waals surface area contributed by atoms with Gasteiger partial charge in [0.1, 0.15) is 4.34 Å². The van der Waals surface area contributed by atoms with Gasteiger partial charge in [-0.25, -0.2) is 0 Å². The highest BCUT2D eigenvalue weighted by Crippen LogP contribution is 2.32. The second-order valence-corrected chi connectivity index (χ2v) is 6.39.